The summed E-state index contributed by atoms with van der Waals surface area (Å²) in [6, 6.07) is 16.6. The predicted octanol–water partition coefficient (Wildman–Crippen LogP) is 5.15. The number of carbonyl (C=O) groups is 2. The first-order valence-electron chi connectivity index (χ1n) is 9.56. The van der Waals surface area contributed by atoms with Crippen LogP contribution in [0, 0.1) is 0 Å². The first kappa shape index (κ1) is 18.9. The van der Waals surface area contributed by atoms with Crippen LogP contribution in [0.4, 0.5) is 0 Å². The van der Waals surface area contributed by atoms with Crippen LogP contribution >= 0.6 is 0 Å². The Kier molecular flexibility index (Phi) is 6.07. The lowest BCUT2D eigenvalue weighted by Crippen LogP contribution is -2.40. The molecule has 3 aromatic carbocycles. The highest BCUT2D eigenvalue weighted by Crippen LogP contribution is 2.28. The van der Waals surface area contributed by atoms with Gasteiger partial charge in [-0.1, -0.05) is 81.1 Å². The van der Waals surface area contributed by atoms with Gasteiger partial charge in [-0.25, -0.2) is 4.79 Å². The van der Waals surface area contributed by atoms with Crippen molar-refractivity contribution in [1.29, 1.82) is 0 Å². The molecule has 0 aromatic heterocycles. The van der Waals surface area contributed by atoms with Crippen molar-refractivity contribution in [3.63, 3.8) is 0 Å². The van der Waals surface area contributed by atoms with Crippen LogP contribution in [0.5, 0.6) is 0 Å². The van der Waals surface area contributed by atoms with Crippen LogP contribution in [0.15, 0.2) is 54.6 Å². The van der Waals surface area contributed by atoms with Gasteiger partial charge < -0.3 is 10.4 Å². The molecule has 0 aliphatic heterocycles. The number of rotatable bonds is 8. The third kappa shape index (κ3) is 4.27. The molecule has 3 rings (SSSR count). The van der Waals surface area contributed by atoms with Crippen molar-refractivity contribution >= 4 is 33.4 Å². The van der Waals surface area contributed by atoms with E-state index in [0.717, 1.165) is 47.2 Å². The summed E-state index contributed by atoms with van der Waals surface area (Å²) in [6.45, 7) is 2.11. The molecule has 0 spiro atoms. The molecule has 0 aliphatic rings. The molecule has 0 saturated heterocycles. The average molecular weight is 363 g/mol. The Balaban J connectivity index is 1.94. The number of hydrogen-bond donors (Lipinski definition) is 2. The Labute approximate surface area is 159 Å². The van der Waals surface area contributed by atoms with Crippen LogP contribution in [0.2, 0.25) is 0 Å². The van der Waals surface area contributed by atoms with Crippen molar-refractivity contribution in [2.45, 2.75) is 45.1 Å². The minimum absolute atomic E-state index is 0.328. The van der Waals surface area contributed by atoms with Gasteiger partial charge >= 0.3 is 5.97 Å². The van der Waals surface area contributed by atoms with Crippen molar-refractivity contribution < 1.29 is 14.7 Å². The van der Waals surface area contributed by atoms with E-state index in [4.69, 9.17) is 0 Å². The molecule has 27 heavy (non-hydrogen) atoms. The third-order valence-corrected chi connectivity index (χ3v) is 4.95. The lowest BCUT2D eigenvalue weighted by atomic mass is 9.96. The maximum Gasteiger partial charge on any atom is 0.326 e. The molecule has 0 fully saturated rings. The van der Waals surface area contributed by atoms with Gasteiger partial charge in [-0.15, -0.1) is 0 Å². The molecule has 0 unspecified atom stereocenters. The Hall–Kier alpha value is -2.88. The summed E-state index contributed by atoms with van der Waals surface area (Å²) >= 11 is 0. The molecule has 4 nitrogen and oxygen atoms in total. The zero-order chi connectivity index (χ0) is 19.2. The van der Waals surface area contributed by atoms with Gasteiger partial charge in [-0.2, -0.15) is 0 Å². The highest BCUT2D eigenvalue weighted by molar-refractivity contribution is 6.18. The number of unbranched alkanes of at least 4 members (excludes halogenated alkanes) is 3. The Bertz CT molecular complexity index is 910. The molecule has 0 saturated carbocycles. The van der Waals surface area contributed by atoms with Crippen LogP contribution in [0.3, 0.4) is 0 Å². The van der Waals surface area contributed by atoms with Gasteiger partial charge in [0.05, 0.1) is 5.56 Å². The fourth-order valence-electron chi connectivity index (χ4n) is 3.52. The first-order valence-corrected chi connectivity index (χ1v) is 9.56. The van der Waals surface area contributed by atoms with Gasteiger partial charge in [0.25, 0.3) is 5.91 Å². The fourth-order valence-corrected chi connectivity index (χ4v) is 3.52. The second-order valence-corrected chi connectivity index (χ2v) is 6.91. The van der Waals surface area contributed by atoms with E-state index in [1.165, 1.54) is 0 Å². The maximum absolute atomic E-state index is 13.1. The summed E-state index contributed by atoms with van der Waals surface area (Å²) in [6.07, 6.45) is 4.39. The minimum Gasteiger partial charge on any atom is -0.480 e. The normalized spacial score (nSPS) is 12.2. The third-order valence-electron chi connectivity index (χ3n) is 4.95. The molecule has 1 amide bonds. The molecule has 2 N–H and O–H groups in total. The number of carboxylic acids is 1. The van der Waals surface area contributed by atoms with Gasteiger partial charge in [0.2, 0.25) is 0 Å². The lowest BCUT2D eigenvalue weighted by Gasteiger charge is -2.17. The molecule has 4 heteroatoms. The first-order chi connectivity index (χ1) is 13.1. The van der Waals surface area contributed by atoms with Crippen LogP contribution in [-0.2, 0) is 4.79 Å². The molecule has 0 bridgehead atoms. The summed E-state index contributed by atoms with van der Waals surface area (Å²) in [4.78, 5) is 24.7. The minimum atomic E-state index is -0.982. The number of carboxylic acid groups (broad SMARTS) is 1. The van der Waals surface area contributed by atoms with E-state index in [1.807, 2.05) is 48.5 Å². The molecule has 0 radical (unpaired) electrons. The highest BCUT2D eigenvalue weighted by atomic mass is 16.4. The molecule has 0 aliphatic carbocycles. The summed E-state index contributed by atoms with van der Waals surface area (Å²) < 4.78 is 0. The Morgan fingerprint density at radius 3 is 2.07 bits per heavy atom. The summed E-state index contributed by atoms with van der Waals surface area (Å²) in [5.74, 6) is -1.31. The lowest BCUT2D eigenvalue weighted by molar-refractivity contribution is -0.139. The van der Waals surface area contributed by atoms with E-state index < -0.39 is 12.0 Å². The van der Waals surface area contributed by atoms with Gasteiger partial charge in [0.15, 0.2) is 0 Å². The number of nitrogens with one attached hydrogen (secondary N) is 1. The number of amides is 1. The number of carbonyl (C=O) groups excluding carboxylic acids is 1. The van der Waals surface area contributed by atoms with Gasteiger partial charge in [-0.05, 0) is 34.0 Å². The molecular formula is C23H25NO3. The molecular weight excluding hydrogens is 338 g/mol. The van der Waals surface area contributed by atoms with Crippen molar-refractivity contribution in [2.75, 3.05) is 0 Å². The summed E-state index contributed by atoms with van der Waals surface area (Å²) in [5, 5.41) is 15.9. The van der Waals surface area contributed by atoms with E-state index >= 15 is 0 Å². The molecule has 1 atom stereocenters. The maximum atomic E-state index is 13.1. The molecule has 3 aromatic rings. The second-order valence-electron chi connectivity index (χ2n) is 6.91. The van der Waals surface area contributed by atoms with Gasteiger partial charge in [-0.3, -0.25) is 4.79 Å². The van der Waals surface area contributed by atoms with Crippen molar-refractivity contribution in [3.8, 4) is 0 Å². The van der Waals surface area contributed by atoms with E-state index in [2.05, 4.69) is 18.3 Å². The Morgan fingerprint density at radius 2 is 1.52 bits per heavy atom. The van der Waals surface area contributed by atoms with E-state index in [-0.39, 0.29) is 5.91 Å². The van der Waals surface area contributed by atoms with E-state index in [9.17, 15) is 14.7 Å². The van der Waals surface area contributed by atoms with Gasteiger partial charge in [0, 0.05) is 0 Å². The van der Waals surface area contributed by atoms with E-state index in [0.29, 0.717) is 12.0 Å². The zero-order valence-corrected chi connectivity index (χ0v) is 15.6. The summed E-state index contributed by atoms with van der Waals surface area (Å²) in [7, 11) is 0. The van der Waals surface area contributed by atoms with Crippen molar-refractivity contribution in [1.82, 2.24) is 5.32 Å². The zero-order valence-electron chi connectivity index (χ0n) is 15.6. The topological polar surface area (TPSA) is 66.4 Å². The number of benzene rings is 3. The standard InChI is InChI=1S/C23H25NO3/c1-2-3-4-5-14-20(23(26)27)24-22(25)21-18-12-8-6-10-16(18)15-17-11-7-9-13-19(17)21/h6-13,15,20H,2-5,14H2,1H3,(H,24,25)(H,26,27)/t20-/m1/s1. The quantitative estimate of drug-likeness (QED) is 0.430. The smallest absolute Gasteiger partial charge is 0.326 e. The van der Waals surface area contributed by atoms with Crippen LogP contribution in [0.25, 0.3) is 21.5 Å². The highest BCUT2D eigenvalue weighted by Gasteiger charge is 2.22. The van der Waals surface area contributed by atoms with Crippen LogP contribution < -0.4 is 5.32 Å². The second kappa shape index (κ2) is 8.67. The van der Waals surface area contributed by atoms with Crippen LogP contribution in [-0.4, -0.2) is 23.0 Å². The van der Waals surface area contributed by atoms with Gasteiger partial charge in [0.1, 0.15) is 6.04 Å². The van der Waals surface area contributed by atoms with Crippen LogP contribution in [0.1, 0.15) is 49.4 Å². The monoisotopic (exact) mass is 363 g/mol. The molecule has 140 valence electrons. The fraction of sp³-hybridized carbons (Fsp3) is 0.304. The number of aliphatic carboxylic acids is 1. The molecule has 0 heterocycles. The summed E-state index contributed by atoms with van der Waals surface area (Å²) in [5.41, 5.74) is 0.545. The average Bonchev–Trinajstić information content (AvgIpc) is 2.68. The SMILES string of the molecule is CCCCCC[C@@H](NC(=O)c1c2ccccc2cc2ccccc12)C(=O)O. The van der Waals surface area contributed by atoms with E-state index in [1.54, 1.807) is 0 Å². The van der Waals surface area contributed by atoms with Crippen molar-refractivity contribution in [2.24, 2.45) is 0 Å². The number of hydrogen-bond acceptors (Lipinski definition) is 2. The number of fused-ring (bicyclic) bond motifs is 2. The van der Waals surface area contributed by atoms with Crippen molar-refractivity contribution in [3.05, 3.63) is 60.2 Å². The Morgan fingerprint density at radius 1 is 0.926 bits per heavy atom. The predicted molar refractivity (Wildman–Crippen MR) is 109 cm³/mol. The largest absolute Gasteiger partial charge is 0.480 e.